The zero-order chi connectivity index (χ0) is 28.1. The van der Waals surface area contributed by atoms with Crippen molar-refractivity contribution in [3.8, 4) is 11.3 Å². The van der Waals surface area contributed by atoms with Crippen LogP contribution < -0.4 is 10.6 Å². The number of nitrogens with one attached hydrogen (secondary N) is 2. The van der Waals surface area contributed by atoms with Gasteiger partial charge in [-0.25, -0.2) is 23.7 Å². The van der Waals surface area contributed by atoms with E-state index in [1.165, 1.54) is 13.2 Å². The maximum atomic E-state index is 14.9. The summed E-state index contributed by atoms with van der Waals surface area (Å²) >= 11 is 0. The van der Waals surface area contributed by atoms with Crippen LogP contribution in [0.3, 0.4) is 0 Å². The van der Waals surface area contributed by atoms with Crippen LogP contribution in [0, 0.1) is 18.6 Å². The maximum Gasteiger partial charge on any atom is 0.305 e. The second kappa shape index (κ2) is 12.0. The number of imidazole rings is 1. The summed E-state index contributed by atoms with van der Waals surface area (Å²) in [5, 5.41) is 5.84. The van der Waals surface area contributed by atoms with E-state index in [4.69, 9.17) is 0 Å². The number of fused-ring (bicyclic) bond motifs is 1. The predicted molar refractivity (Wildman–Crippen MR) is 143 cm³/mol. The molecule has 0 spiro atoms. The largest absolute Gasteiger partial charge is 0.469 e. The van der Waals surface area contributed by atoms with Gasteiger partial charge in [0.05, 0.1) is 18.8 Å². The van der Waals surface area contributed by atoms with E-state index in [1.807, 2.05) is 30.5 Å². The van der Waals surface area contributed by atoms with Crippen molar-refractivity contribution < 1.29 is 23.1 Å². The third kappa shape index (κ3) is 6.54. The van der Waals surface area contributed by atoms with Crippen LogP contribution in [0.5, 0.6) is 0 Å². The van der Waals surface area contributed by atoms with E-state index in [0.29, 0.717) is 30.0 Å². The minimum Gasteiger partial charge on any atom is -0.469 e. The molecule has 2 aromatic carbocycles. The first kappa shape index (κ1) is 27.6. The number of carbonyl (C=O) groups excluding carboxylic acids is 2. The Labute approximate surface area is 224 Å². The molecule has 4 aromatic rings. The van der Waals surface area contributed by atoms with Gasteiger partial charge in [-0.2, -0.15) is 0 Å². The Morgan fingerprint density at radius 1 is 1.05 bits per heavy atom. The van der Waals surface area contributed by atoms with Gasteiger partial charge in [0.25, 0.3) is 0 Å². The lowest BCUT2D eigenvalue weighted by atomic mass is 10.1. The number of benzene rings is 2. The number of hydrogen-bond donors (Lipinski definition) is 2. The van der Waals surface area contributed by atoms with Gasteiger partial charge in [0.1, 0.15) is 17.0 Å². The normalized spacial score (nSPS) is 11.2. The molecule has 0 radical (unpaired) electrons. The van der Waals surface area contributed by atoms with E-state index in [0.717, 1.165) is 11.8 Å². The molecule has 0 saturated carbocycles. The van der Waals surface area contributed by atoms with Crippen molar-refractivity contribution in [2.24, 2.45) is 0 Å². The molecule has 0 unspecified atom stereocenters. The minimum atomic E-state index is -0.677. The molecule has 9 nitrogen and oxygen atoms in total. The van der Waals surface area contributed by atoms with E-state index in [2.05, 4.69) is 30.3 Å². The quantitative estimate of drug-likeness (QED) is 0.262. The number of nitrogens with zero attached hydrogens (tertiary/aromatic N) is 4. The Morgan fingerprint density at radius 2 is 1.79 bits per heavy atom. The summed E-state index contributed by atoms with van der Waals surface area (Å²) in [4.78, 5) is 35.8. The van der Waals surface area contributed by atoms with E-state index in [1.54, 1.807) is 25.1 Å². The highest BCUT2D eigenvalue weighted by atomic mass is 19.1. The number of halogens is 2. The molecule has 0 bridgehead atoms. The van der Waals surface area contributed by atoms with Crippen molar-refractivity contribution in [2.75, 3.05) is 12.4 Å². The fourth-order valence-corrected chi connectivity index (χ4v) is 4.31. The van der Waals surface area contributed by atoms with E-state index in [-0.39, 0.29) is 53.5 Å². The highest BCUT2D eigenvalue weighted by Crippen LogP contribution is 2.30. The van der Waals surface area contributed by atoms with Crippen LogP contribution in [0.1, 0.15) is 50.5 Å². The molecule has 0 aliphatic heterocycles. The summed E-state index contributed by atoms with van der Waals surface area (Å²) in [6.07, 6.45) is 1.89. The molecule has 1 amide bonds. The number of amides is 1. The fourth-order valence-electron chi connectivity index (χ4n) is 4.31. The zero-order valence-corrected chi connectivity index (χ0v) is 22.2. The molecule has 11 heteroatoms. The average molecular weight is 537 g/mol. The Hall–Kier alpha value is -4.41. The molecule has 0 aliphatic carbocycles. The first-order valence-corrected chi connectivity index (χ1v) is 12.6. The van der Waals surface area contributed by atoms with Gasteiger partial charge in [0.2, 0.25) is 11.9 Å². The highest BCUT2D eigenvalue weighted by molar-refractivity contribution is 5.83. The lowest BCUT2D eigenvalue weighted by Crippen LogP contribution is -2.22. The first-order chi connectivity index (χ1) is 18.7. The number of aryl methyl sites for hydroxylation is 1. The maximum absolute atomic E-state index is 14.9. The van der Waals surface area contributed by atoms with Crippen molar-refractivity contribution in [1.29, 1.82) is 0 Å². The molecule has 2 heterocycles. The monoisotopic (exact) mass is 536 g/mol. The summed E-state index contributed by atoms with van der Waals surface area (Å²) in [5.41, 5.74) is 2.56. The summed E-state index contributed by atoms with van der Waals surface area (Å²) in [6.45, 7) is 6.08. The topological polar surface area (TPSA) is 111 Å². The number of rotatable bonds is 10. The van der Waals surface area contributed by atoms with Gasteiger partial charge < -0.3 is 19.9 Å². The Balaban J connectivity index is 1.45. The number of ether oxygens (including phenoxy) is 1. The minimum absolute atomic E-state index is 0.0333. The van der Waals surface area contributed by atoms with Crippen LogP contribution in [-0.4, -0.2) is 38.5 Å². The predicted octanol–water partition coefficient (Wildman–Crippen LogP) is 5.36. The van der Waals surface area contributed by atoms with Crippen molar-refractivity contribution in [3.63, 3.8) is 0 Å². The number of esters is 1. The van der Waals surface area contributed by atoms with Gasteiger partial charge in [-0.3, -0.25) is 9.59 Å². The van der Waals surface area contributed by atoms with Crippen LogP contribution >= 0.6 is 0 Å². The zero-order valence-electron chi connectivity index (χ0n) is 22.2. The third-order valence-corrected chi connectivity index (χ3v) is 6.17. The summed E-state index contributed by atoms with van der Waals surface area (Å²) in [5.74, 6) is -0.914. The van der Waals surface area contributed by atoms with Crippen molar-refractivity contribution in [1.82, 2.24) is 24.8 Å². The Bertz CT molecular complexity index is 1500. The highest BCUT2D eigenvalue weighted by Gasteiger charge is 2.18. The molecule has 2 aromatic heterocycles. The van der Waals surface area contributed by atoms with Crippen LogP contribution in [0.4, 0.5) is 20.4 Å². The molecule has 204 valence electrons. The van der Waals surface area contributed by atoms with Gasteiger partial charge >= 0.3 is 5.97 Å². The molecule has 4 rings (SSSR count). The Morgan fingerprint density at radius 3 is 2.49 bits per heavy atom. The van der Waals surface area contributed by atoms with Crippen LogP contribution in [0.15, 0.2) is 42.6 Å². The lowest BCUT2D eigenvalue weighted by Gasteiger charge is -2.12. The van der Waals surface area contributed by atoms with Gasteiger partial charge in [-0.15, -0.1) is 0 Å². The summed E-state index contributed by atoms with van der Waals surface area (Å²) in [7, 11) is 1.31. The van der Waals surface area contributed by atoms with E-state index in [9.17, 15) is 18.4 Å². The second-order valence-corrected chi connectivity index (χ2v) is 9.37. The number of carbonyl (C=O) groups is 2. The molecular weight excluding hydrogens is 506 g/mol. The molecular formula is C28H30F2N6O3. The molecule has 0 saturated heterocycles. The lowest BCUT2D eigenvalue weighted by molar-refractivity contribution is -0.140. The second-order valence-electron chi connectivity index (χ2n) is 9.37. The van der Waals surface area contributed by atoms with Crippen molar-refractivity contribution >= 4 is 34.5 Å². The molecule has 0 aliphatic rings. The smallest absolute Gasteiger partial charge is 0.305 e. The van der Waals surface area contributed by atoms with Gasteiger partial charge in [-0.05, 0) is 57.0 Å². The van der Waals surface area contributed by atoms with Crippen LogP contribution in [-0.2, 0) is 20.9 Å². The molecule has 2 N–H and O–H groups in total. The number of hydrogen-bond acceptors (Lipinski definition) is 7. The Kier molecular flexibility index (Phi) is 8.48. The van der Waals surface area contributed by atoms with Crippen molar-refractivity contribution in [2.45, 2.75) is 52.6 Å². The average Bonchev–Trinajstić information content (AvgIpc) is 3.25. The standard InChI is InChI=1S/C28H30F2N6O3/c1-16(2)36-17(3)33-27-21(29)12-19(13-23(27)36)26-22(30)15-32-28(35-26)34-20-10-8-18(9-11-20)14-31-24(37)6-5-7-25(38)39-4/h8-13,15-16H,5-7,14H2,1-4H3,(H,31,37)(H,32,34,35). The van der Waals surface area contributed by atoms with E-state index >= 15 is 0 Å². The van der Waals surface area contributed by atoms with Crippen molar-refractivity contribution in [3.05, 3.63) is 65.6 Å². The molecule has 39 heavy (non-hydrogen) atoms. The first-order valence-electron chi connectivity index (χ1n) is 12.6. The number of anilines is 2. The summed E-state index contributed by atoms with van der Waals surface area (Å²) < 4.78 is 36.2. The summed E-state index contributed by atoms with van der Waals surface area (Å²) in [6, 6.07) is 10.2. The number of methoxy groups -OCH3 is 1. The van der Waals surface area contributed by atoms with Gasteiger partial charge in [0, 0.05) is 36.7 Å². The SMILES string of the molecule is COC(=O)CCCC(=O)NCc1ccc(Nc2ncc(F)c(-c3cc(F)c4nc(C)n(C(C)C)c4c3)n2)cc1. The third-order valence-electron chi connectivity index (χ3n) is 6.17. The van der Waals surface area contributed by atoms with Crippen LogP contribution in [0.2, 0.25) is 0 Å². The number of aromatic nitrogens is 4. The molecule has 0 fully saturated rings. The fraction of sp³-hybridized carbons (Fsp3) is 0.321. The van der Waals surface area contributed by atoms with Gasteiger partial charge in [-0.1, -0.05) is 12.1 Å². The van der Waals surface area contributed by atoms with E-state index < -0.39 is 11.6 Å². The van der Waals surface area contributed by atoms with Gasteiger partial charge in [0.15, 0.2) is 11.6 Å². The van der Waals surface area contributed by atoms with Crippen LogP contribution in [0.25, 0.3) is 22.3 Å². The molecule has 0 atom stereocenters.